The van der Waals surface area contributed by atoms with Gasteiger partial charge < -0.3 is 14.4 Å². The predicted molar refractivity (Wildman–Crippen MR) is 85.9 cm³/mol. The molecular formula is C16H19ClN2O2. The van der Waals surface area contributed by atoms with Crippen LogP contribution in [0.4, 0.5) is 5.82 Å². The highest BCUT2D eigenvalue weighted by molar-refractivity contribution is 6.18. The van der Waals surface area contributed by atoms with Crippen molar-refractivity contribution < 1.29 is 9.47 Å². The molecule has 1 saturated heterocycles. The van der Waals surface area contributed by atoms with Gasteiger partial charge in [-0.2, -0.15) is 0 Å². The number of anilines is 1. The monoisotopic (exact) mass is 306 g/mol. The number of halogens is 1. The van der Waals surface area contributed by atoms with E-state index in [4.69, 9.17) is 21.1 Å². The highest BCUT2D eigenvalue weighted by atomic mass is 35.5. The molecule has 2 heterocycles. The number of aromatic nitrogens is 1. The Morgan fingerprint density at radius 1 is 1.29 bits per heavy atom. The van der Waals surface area contributed by atoms with Gasteiger partial charge in [0.15, 0.2) is 11.5 Å². The first-order valence-corrected chi connectivity index (χ1v) is 7.65. The fourth-order valence-corrected chi connectivity index (χ4v) is 3.31. The molecule has 4 nitrogen and oxygen atoms in total. The van der Waals surface area contributed by atoms with Crippen LogP contribution in [-0.4, -0.2) is 37.7 Å². The van der Waals surface area contributed by atoms with Crippen LogP contribution in [0.1, 0.15) is 12.8 Å². The molecule has 1 aromatic heterocycles. The minimum Gasteiger partial charge on any atom is -0.493 e. The van der Waals surface area contributed by atoms with Crippen LogP contribution in [0.25, 0.3) is 10.8 Å². The van der Waals surface area contributed by atoms with E-state index in [9.17, 15) is 0 Å². The van der Waals surface area contributed by atoms with Gasteiger partial charge in [-0.15, -0.1) is 11.6 Å². The van der Waals surface area contributed by atoms with Crippen molar-refractivity contribution in [2.75, 3.05) is 31.5 Å². The Balaban J connectivity index is 2.15. The molecule has 1 unspecified atom stereocenters. The van der Waals surface area contributed by atoms with Crippen molar-refractivity contribution in [3.63, 3.8) is 0 Å². The molecule has 0 amide bonds. The first-order chi connectivity index (χ1) is 10.3. The lowest BCUT2D eigenvalue weighted by atomic mass is 10.1. The highest BCUT2D eigenvalue weighted by Gasteiger charge is 2.26. The van der Waals surface area contributed by atoms with Gasteiger partial charge in [-0.3, -0.25) is 0 Å². The first kappa shape index (κ1) is 14.3. The quantitative estimate of drug-likeness (QED) is 0.810. The Bertz CT molecular complexity index is 647. The number of nitrogens with zero attached hydrogens (tertiary/aromatic N) is 2. The largest absolute Gasteiger partial charge is 0.493 e. The van der Waals surface area contributed by atoms with Crippen molar-refractivity contribution in [3.05, 3.63) is 24.4 Å². The summed E-state index contributed by atoms with van der Waals surface area (Å²) in [4.78, 5) is 6.90. The van der Waals surface area contributed by atoms with E-state index in [0.717, 1.165) is 47.5 Å². The summed E-state index contributed by atoms with van der Waals surface area (Å²) in [5.74, 6) is 3.07. The molecule has 0 saturated carbocycles. The van der Waals surface area contributed by atoms with Gasteiger partial charge in [0, 0.05) is 30.0 Å². The number of hydrogen-bond donors (Lipinski definition) is 0. The fourth-order valence-electron chi connectivity index (χ4n) is 2.99. The normalized spacial score (nSPS) is 18.2. The lowest BCUT2D eigenvalue weighted by molar-refractivity contribution is 0.356. The molecule has 1 fully saturated rings. The van der Waals surface area contributed by atoms with E-state index in [-0.39, 0.29) is 0 Å². The van der Waals surface area contributed by atoms with E-state index in [0.29, 0.717) is 11.9 Å². The second kappa shape index (κ2) is 5.98. The molecule has 0 N–H and O–H groups in total. The summed E-state index contributed by atoms with van der Waals surface area (Å²) in [6, 6.07) is 6.34. The SMILES string of the molecule is COc1cc2ccnc(N3CCCC3CCl)c2cc1OC. The van der Waals surface area contributed by atoms with Crippen molar-refractivity contribution in [3.8, 4) is 11.5 Å². The average Bonchev–Trinajstić information content (AvgIpc) is 3.01. The molecule has 0 aliphatic carbocycles. The fraction of sp³-hybridized carbons (Fsp3) is 0.438. The third-order valence-electron chi connectivity index (χ3n) is 4.07. The van der Waals surface area contributed by atoms with Crippen molar-refractivity contribution in [1.82, 2.24) is 4.98 Å². The zero-order valence-electron chi connectivity index (χ0n) is 12.3. The number of pyridine rings is 1. The second-order valence-electron chi connectivity index (χ2n) is 5.21. The van der Waals surface area contributed by atoms with Gasteiger partial charge in [0.25, 0.3) is 0 Å². The zero-order chi connectivity index (χ0) is 14.8. The Kier molecular flexibility index (Phi) is 4.06. The van der Waals surface area contributed by atoms with E-state index in [1.165, 1.54) is 0 Å². The summed E-state index contributed by atoms with van der Waals surface area (Å²) in [6.45, 7) is 0.998. The third-order valence-corrected chi connectivity index (χ3v) is 4.43. The molecule has 1 atom stereocenters. The van der Waals surface area contributed by atoms with E-state index in [1.54, 1.807) is 14.2 Å². The number of benzene rings is 1. The standard InChI is InChI=1S/C16H19ClN2O2/c1-20-14-8-11-5-6-18-16(13(11)9-15(14)21-2)19-7-3-4-12(19)10-17/h5-6,8-9,12H,3-4,7,10H2,1-2H3. The van der Waals surface area contributed by atoms with Crippen LogP contribution in [0.3, 0.4) is 0 Å². The van der Waals surface area contributed by atoms with Gasteiger partial charge in [0.2, 0.25) is 0 Å². The van der Waals surface area contributed by atoms with Gasteiger partial charge in [-0.05, 0) is 36.4 Å². The molecule has 0 bridgehead atoms. The van der Waals surface area contributed by atoms with E-state index in [1.807, 2.05) is 24.4 Å². The summed E-state index contributed by atoms with van der Waals surface area (Å²) in [5, 5.41) is 2.17. The topological polar surface area (TPSA) is 34.6 Å². The minimum atomic E-state index is 0.359. The Hall–Kier alpha value is -1.68. The van der Waals surface area contributed by atoms with Crippen LogP contribution in [0.2, 0.25) is 0 Å². The maximum atomic E-state index is 6.10. The molecule has 1 aromatic carbocycles. The number of methoxy groups -OCH3 is 2. The summed E-state index contributed by atoms with van der Waals surface area (Å²) in [5.41, 5.74) is 0. The highest BCUT2D eigenvalue weighted by Crippen LogP contribution is 2.37. The Morgan fingerprint density at radius 3 is 2.76 bits per heavy atom. The molecule has 0 spiro atoms. The van der Waals surface area contributed by atoms with Gasteiger partial charge >= 0.3 is 0 Å². The summed E-state index contributed by atoms with van der Waals surface area (Å²) >= 11 is 6.10. The first-order valence-electron chi connectivity index (χ1n) is 7.12. The molecule has 3 rings (SSSR count). The number of ether oxygens (including phenoxy) is 2. The average molecular weight is 307 g/mol. The van der Waals surface area contributed by atoms with Crippen LogP contribution in [0.5, 0.6) is 11.5 Å². The van der Waals surface area contributed by atoms with Gasteiger partial charge in [-0.25, -0.2) is 4.98 Å². The number of rotatable bonds is 4. The van der Waals surface area contributed by atoms with Gasteiger partial charge in [-0.1, -0.05) is 0 Å². The van der Waals surface area contributed by atoms with E-state index in [2.05, 4.69) is 9.88 Å². The van der Waals surface area contributed by atoms with Crippen molar-refractivity contribution in [2.24, 2.45) is 0 Å². The summed E-state index contributed by atoms with van der Waals surface area (Å²) < 4.78 is 10.8. The molecular weight excluding hydrogens is 288 g/mol. The molecule has 1 aliphatic heterocycles. The number of hydrogen-bond acceptors (Lipinski definition) is 4. The van der Waals surface area contributed by atoms with Crippen molar-refractivity contribution >= 4 is 28.2 Å². The van der Waals surface area contributed by atoms with Crippen LogP contribution in [0, 0.1) is 0 Å². The third kappa shape index (κ3) is 2.48. The Labute approximate surface area is 129 Å². The number of alkyl halides is 1. The summed E-state index contributed by atoms with van der Waals surface area (Å²) in [7, 11) is 3.30. The number of fused-ring (bicyclic) bond motifs is 1. The molecule has 21 heavy (non-hydrogen) atoms. The second-order valence-corrected chi connectivity index (χ2v) is 5.52. The molecule has 0 radical (unpaired) electrons. The van der Waals surface area contributed by atoms with Crippen LogP contribution >= 0.6 is 11.6 Å². The maximum absolute atomic E-state index is 6.10. The van der Waals surface area contributed by atoms with E-state index < -0.39 is 0 Å². The smallest absolute Gasteiger partial charge is 0.161 e. The van der Waals surface area contributed by atoms with Gasteiger partial charge in [0.1, 0.15) is 5.82 Å². The molecule has 2 aromatic rings. The van der Waals surface area contributed by atoms with Crippen LogP contribution in [0.15, 0.2) is 24.4 Å². The molecule has 1 aliphatic rings. The zero-order valence-corrected chi connectivity index (χ0v) is 13.1. The van der Waals surface area contributed by atoms with Crippen molar-refractivity contribution in [1.29, 1.82) is 0 Å². The van der Waals surface area contributed by atoms with Crippen LogP contribution < -0.4 is 14.4 Å². The molecule has 112 valence electrons. The maximum Gasteiger partial charge on any atom is 0.161 e. The van der Waals surface area contributed by atoms with Gasteiger partial charge in [0.05, 0.1) is 14.2 Å². The predicted octanol–water partition coefficient (Wildman–Crippen LogP) is 3.46. The van der Waals surface area contributed by atoms with Crippen molar-refractivity contribution in [2.45, 2.75) is 18.9 Å². The molecule has 5 heteroatoms. The summed E-state index contributed by atoms with van der Waals surface area (Å²) in [6.07, 6.45) is 4.12. The minimum absolute atomic E-state index is 0.359. The lowest BCUT2D eigenvalue weighted by Gasteiger charge is -2.25. The van der Waals surface area contributed by atoms with E-state index >= 15 is 0 Å². The lowest BCUT2D eigenvalue weighted by Crippen LogP contribution is -2.31. The Morgan fingerprint density at radius 2 is 2.05 bits per heavy atom. The van der Waals surface area contributed by atoms with Crippen LogP contribution in [-0.2, 0) is 0 Å².